The highest BCUT2D eigenvalue weighted by molar-refractivity contribution is 5.75. The monoisotopic (exact) mass is 284 g/mol. The van der Waals surface area contributed by atoms with Crippen LogP contribution in [0.1, 0.15) is 31.9 Å². The fourth-order valence-corrected chi connectivity index (χ4v) is 2.94. The maximum atomic E-state index is 5.96. The smallest absolute Gasteiger partial charge is 0.119 e. The number of nitrogens with zero attached hydrogens (tertiary/aromatic N) is 1. The highest BCUT2D eigenvalue weighted by Crippen LogP contribution is 2.39. The van der Waals surface area contributed by atoms with E-state index >= 15 is 0 Å². The van der Waals surface area contributed by atoms with E-state index in [1.54, 1.807) is 0 Å². The molecule has 1 aliphatic rings. The summed E-state index contributed by atoms with van der Waals surface area (Å²) in [5.74, 6) is 1.50. The summed E-state index contributed by atoms with van der Waals surface area (Å²) in [4.78, 5) is 0. The molecule has 0 saturated carbocycles. The molecule has 0 fully saturated rings. The van der Waals surface area contributed by atoms with E-state index in [2.05, 4.69) is 48.9 Å². The van der Waals surface area contributed by atoms with Crippen LogP contribution in [-0.2, 0) is 13.0 Å². The average molecular weight is 284 g/mol. The summed E-state index contributed by atoms with van der Waals surface area (Å²) >= 11 is 0. The van der Waals surface area contributed by atoms with Gasteiger partial charge in [0, 0.05) is 30.8 Å². The van der Waals surface area contributed by atoms with Gasteiger partial charge in [-0.25, -0.2) is 0 Å². The highest BCUT2D eigenvalue weighted by atomic mass is 16.5. The Balaban J connectivity index is 1.92. The maximum absolute atomic E-state index is 5.96. The topological polar surface area (TPSA) is 40.2 Å². The van der Waals surface area contributed by atoms with Crippen LogP contribution in [0.25, 0.3) is 11.3 Å². The van der Waals surface area contributed by atoms with Crippen LogP contribution >= 0.6 is 0 Å². The molecule has 112 valence electrons. The van der Waals surface area contributed by atoms with Crippen molar-refractivity contribution >= 4 is 0 Å². The molecular formula is C18H24N2O. The number of hydrogen-bond acceptors (Lipinski definition) is 2. The van der Waals surface area contributed by atoms with Gasteiger partial charge in [-0.05, 0) is 42.2 Å². The predicted molar refractivity (Wildman–Crippen MR) is 86.7 cm³/mol. The van der Waals surface area contributed by atoms with Crippen LogP contribution < -0.4 is 10.5 Å². The summed E-state index contributed by atoms with van der Waals surface area (Å²) in [5, 5.41) is 0. The second kappa shape index (κ2) is 5.57. The normalized spacial score (nSPS) is 14.1. The Labute approximate surface area is 126 Å². The van der Waals surface area contributed by atoms with E-state index in [0.29, 0.717) is 5.92 Å². The largest absolute Gasteiger partial charge is 0.493 e. The van der Waals surface area contributed by atoms with Crippen LogP contribution in [0.5, 0.6) is 5.75 Å². The van der Waals surface area contributed by atoms with Crippen molar-refractivity contribution in [1.82, 2.24) is 4.57 Å². The third kappa shape index (κ3) is 2.84. The Kier molecular flexibility index (Phi) is 3.77. The molecule has 1 aromatic carbocycles. The van der Waals surface area contributed by atoms with Crippen LogP contribution in [0.3, 0.4) is 0 Å². The molecule has 3 heteroatoms. The van der Waals surface area contributed by atoms with Crippen LogP contribution in [0.2, 0.25) is 0 Å². The molecule has 0 bridgehead atoms. The van der Waals surface area contributed by atoms with Gasteiger partial charge in [0.15, 0.2) is 0 Å². The van der Waals surface area contributed by atoms with E-state index in [1.165, 1.54) is 22.4 Å². The summed E-state index contributed by atoms with van der Waals surface area (Å²) < 4.78 is 8.15. The van der Waals surface area contributed by atoms with Gasteiger partial charge >= 0.3 is 0 Å². The summed E-state index contributed by atoms with van der Waals surface area (Å²) in [6.45, 7) is 7.99. The summed E-state index contributed by atoms with van der Waals surface area (Å²) in [5.41, 5.74) is 11.4. The van der Waals surface area contributed by atoms with Gasteiger partial charge in [-0.1, -0.05) is 19.9 Å². The molecular weight excluding hydrogens is 260 g/mol. The Morgan fingerprint density at radius 1 is 1.19 bits per heavy atom. The van der Waals surface area contributed by atoms with E-state index in [4.69, 9.17) is 10.5 Å². The minimum Gasteiger partial charge on any atom is -0.493 e. The Bertz CT molecular complexity index is 641. The second-order valence-corrected chi connectivity index (χ2v) is 6.52. The van der Waals surface area contributed by atoms with Crippen molar-refractivity contribution < 1.29 is 4.74 Å². The standard InChI is InChI=1S/C18H24N2O/c1-12(2)11-21-16-5-4-14-8-15-6-7-20(10-13(3)19)18(15)17(14)9-16/h4-7,9,12-13H,8,10-11,19H2,1-3H3/t13-/m1/s1. The molecule has 0 amide bonds. The Morgan fingerprint density at radius 3 is 2.71 bits per heavy atom. The van der Waals surface area contributed by atoms with Crippen LogP contribution in [-0.4, -0.2) is 17.2 Å². The molecule has 3 rings (SSSR count). The Morgan fingerprint density at radius 2 is 2.00 bits per heavy atom. The molecule has 0 radical (unpaired) electrons. The minimum atomic E-state index is 0.158. The van der Waals surface area contributed by atoms with Crippen molar-refractivity contribution in [2.45, 2.75) is 39.8 Å². The van der Waals surface area contributed by atoms with Crippen LogP contribution in [0.15, 0.2) is 30.5 Å². The average Bonchev–Trinajstić information content (AvgIpc) is 2.95. The lowest BCUT2D eigenvalue weighted by Crippen LogP contribution is -2.22. The zero-order valence-corrected chi connectivity index (χ0v) is 13.1. The van der Waals surface area contributed by atoms with Crippen molar-refractivity contribution in [3.63, 3.8) is 0 Å². The first-order valence-electron chi connectivity index (χ1n) is 7.74. The third-order valence-corrected chi connectivity index (χ3v) is 3.83. The SMILES string of the molecule is CC(C)COc1ccc2c(c1)-c1c(ccn1C[C@@H](C)N)C2. The van der Waals surface area contributed by atoms with E-state index < -0.39 is 0 Å². The zero-order chi connectivity index (χ0) is 15.0. The van der Waals surface area contributed by atoms with Gasteiger partial charge in [0.1, 0.15) is 5.75 Å². The van der Waals surface area contributed by atoms with Crippen LogP contribution in [0, 0.1) is 5.92 Å². The first-order chi connectivity index (χ1) is 10.0. The molecule has 1 heterocycles. The molecule has 21 heavy (non-hydrogen) atoms. The molecule has 2 aromatic rings. The number of aromatic nitrogens is 1. The maximum Gasteiger partial charge on any atom is 0.119 e. The lowest BCUT2D eigenvalue weighted by Gasteiger charge is -2.13. The van der Waals surface area contributed by atoms with E-state index in [1.807, 2.05) is 6.92 Å². The number of fused-ring (bicyclic) bond motifs is 3. The fourth-order valence-electron chi connectivity index (χ4n) is 2.94. The fraction of sp³-hybridized carbons (Fsp3) is 0.444. The van der Waals surface area contributed by atoms with Gasteiger partial charge in [-0.2, -0.15) is 0 Å². The van der Waals surface area contributed by atoms with Crippen molar-refractivity contribution in [1.29, 1.82) is 0 Å². The minimum absolute atomic E-state index is 0.158. The van der Waals surface area contributed by atoms with Crippen LogP contribution in [0.4, 0.5) is 0 Å². The molecule has 1 atom stereocenters. The predicted octanol–water partition coefficient (Wildman–Crippen LogP) is 3.44. The van der Waals surface area contributed by atoms with Gasteiger partial charge in [-0.3, -0.25) is 0 Å². The van der Waals surface area contributed by atoms with Gasteiger partial charge < -0.3 is 15.0 Å². The van der Waals surface area contributed by atoms with Crippen molar-refractivity contribution in [3.05, 3.63) is 41.6 Å². The van der Waals surface area contributed by atoms with E-state index in [0.717, 1.165) is 25.3 Å². The number of nitrogens with two attached hydrogens (primary N) is 1. The first kappa shape index (κ1) is 14.2. The summed E-state index contributed by atoms with van der Waals surface area (Å²) in [6, 6.07) is 8.84. The summed E-state index contributed by atoms with van der Waals surface area (Å²) in [6.07, 6.45) is 3.17. The van der Waals surface area contributed by atoms with Crippen molar-refractivity contribution in [3.8, 4) is 17.0 Å². The van der Waals surface area contributed by atoms with Crippen molar-refractivity contribution in [2.75, 3.05) is 6.61 Å². The van der Waals surface area contributed by atoms with E-state index in [-0.39, 0.29) is 6.04 Å². The number of rotatable bonds is 5. The molecule has 0 unspecified atom stereocenters. The summed E-state index contributed by atoms with van der Waals surface area (Å²) in [7, 11) is 0. The Hall–Kier alpha value is -1.74. The van der Waals surface area contributed by atoms with Gasteiger partial charge in [-0.15, -0.1) is 0 Å². The molecule has 1 aromatic heterocycles. The lowest BCUT2D eigenvalue weighted by molar-refractivity contribution is 0.271. The number of hydrogen-bond donors (Lipinski definition) is 1. The first-order valence-corrected chi connectivity index (χ1v) is 7.74. The molecule has 0 aliphatic heterocycles. The van der Waals surface area contributed by atoms with Crippen molar-refractivity contribution in [2.24, 2.45) is 11.7 Å². The molecule has 0 spiro atoms. The molecule has 1 aliphatic carbocycles. The molecule has 2 N–H and O–H groups in total. The van der Waals surface area contributed by atoms with Gasteiger partial charge in [0.25, 0.3) is 0 Å². The van der Waals surface area contributed by atoms with E-state index in [9.17, 15) is 0 Å². The third-order valence-electron chi connectivity index (χ3n) is 3.83. The molecule has 3 nitrogen and oxygen atoms in total. The highest BCUT2D eigenvalue weighted by Gasteiger charge is 2.23. The van der Waals surface area contributed by atoms with Gasteiger partial charge in [0.05, 0.1) is 12.3 Å². The quantitative estimate of drug-likeness (QED) is 0.779. The lowest BCUT2D eigenvalue weighted by atomic mass is 10.1. The number of benzene rings is 1. The number of ether oxygens (including phenoxy) is 1. The van der Waals surface area contributed by atoms with Gasteiger partial charge in [0.2, 0.25) is 0 Å². The zero-order valence-electron chi connectivity index (χ0n) is 13.1. The molecule has 0 saturated heterocycles. The second-order valence-electron chi connectivity index (χ2n) is 6.52.